The van der Waals surface area contributed by atoms with E-state index >= 15 is 0 Å². The molecule has 0 aliphatic carbocycles. The molecule has 2 aromatic rings. The second-order valence-electron chi connectivity index (χ2n) is 5.70. The second-order valence-corrected chi connectivity index (χ2v) is 6.13. The summed E-state index contributed by atoms with van der Waals surface area (Å²) in [6.45, 7) is 3.67. The molecule has 1 aromatic heterocycles. The van der Waals surface area contributed by atoms with E-state index in [0.717, 1.165) is 35.8 Å². The minimum Gasteiger partial charge on any atom is -0.370 e. The predicted octanol–water partition coefficient (Wildman–Crippen LogP) is 4.31. The maximum atomic E-state index is 12.1. The summed E-state index contributed by atoms with van der Waals surface area (Å²) in [6, 6.07) is 11.3. The minimum atomic E-state index is -0.103. The van der Waals surface area contributed by atoms with Crippen LogP contribution in [0.15, 0.2) is 42.6 Å². The van der Waals surface area contributed by atoms with Crippen LogP contribution in [0.1, 0.15) is 42.1 Å². The van der Waals surface area contributed by atoms with E-state index in [1.54, 1.807) is 12.3 Å². The van der Waals surface area contributed by atoms with Crippen LogP contribution in [0.3, 0.4) is 0 Å². The molecule has 0 saturated carbocycles. The van der Waals surface area contributed by atoms with E-state index in [-0.39, 0.29) is 5.91 Å². The van der Waals surface area contributed by atoms with Gasteiger partial charge in [0.1, 0.15) is 5.82 Å². The van der Waals surface area contributed by atoms with E-state index in [1.165, 1.54) is 12.8 Å². The summed E-state index contributed by atoms with van der Waals surface area (Å²) >= 11 is 5.85. The Bertz CT molecular complexity index is 626. The Balaban J connectivity index is 1.74. The summed E-state index contributed by atoms with van der Waals surface area (Å²) in [6.07, 6.45) is 5.92. The highest BCUT2D eigenvalue weighted by Crippen LogP contribution is 2.10. The zero-order valence-electron chi connectivity index (χ0n) is 14.0. The van der Waals surface area contributed by atoms with Gasteiger partial charge in [0.15, 0.2) is 0 Å². The first kappa shape index (κ1) is 18.3. The van der Waals surface area contributed by atoms with Crippen molar-refractivity contribution in [2.75, 3.05) is 18.4 Å². The first-order valence-corrected chi connectivity index (χ1v) is 8.79. The molecule has 0 atom stereocenters. The third-order valence-corrected chi connectivity index (χ3v) is 3.98. The van der Waals surface area contributed by atoms with Crippen molar-refractivity contribution in [3.63, 3.8) is 0 Å². The Morgan fingerprint density at radius 3 is 2.54 bits per heavy atom. The van der Waals surface area contributed by atoms with Crippen molar-refractivity contribution in [1.29, 1.82) is 0 Å². The average molecular weight is 346 g/mol. The number of hydrogen-bond acceptors (Lipinski definition) is 3. The molecule has 0 unspecified atom stereocenters. The van der Waals surface area contributed by atoms with E-state index < -0.39 is 0 Å². The van der Waals surface area contributed by atoms with Crippen LogP contribution in [-0.2, 0) is 6.42 Å². The standard InChI is InChI=1S/C19H24ClN3O/c1-2-3-4-12-21-18-10-7-16(14-23-18)19(24)22-13-11-15-5-8-17(20)9-6-15/h5-10,14H,2-4,11-13H2,1H3,(H,21,23)(H,22,24). The number of halogens is 1. The molecule has 1 heterocycles. The molecule has 128 valence electrons. The number of pyridine rings is 1. The molecule has 1 aromatic carbocycles. The maximum absolute atomic E-state index is 12.1. The van der Waals surface area contributed by atoms with Crippen molar-refractivity contribution in [3.8, 4) is 0 Å². The molecule has 5 heteroatoms. The number of carbonyl (C=O) groups excluding carboxylic acids is 1. The van der Waals surface area contributed by atoms with Gasteiger partial charge < -0.3 is 10.6 Å². The van der Waals surface area contributed by atoms with E-state index in [2.05, 4.69) is 22.5 Å². The summed E-state index contributed by atoms with van der Waals surface area (Å²) < 4.78 is 0. The Morgan fingerprint density at radius 2 is 1.88 bits per heavy atom. The summed E-state index contributed by atoms with van der Waals surface area (Å²) in [5, 5.41) is 6.89. The van der Waals surface area contributed by atoms with Gasteiger partial charge in [-0.3, -0.25) is 4.79 Å². The largest absolute Gasteiger partial charge is 0.370 e. The Morgan fingerprint density at radius 1 is 1.08 bits per heavy atom. The third kappa shape index (κ3) is 6.20. The van der Waals surface area contributed by atoms with Gasteiger partial charge in [-0.15, -0.1) is 0 Å². The average Bonchev–Trinajstić information content (AvgIpc) is 2.61. The fourth-order valence-corrected chi connectivity index (χ4v) is 2.42. The highest BCUT2D eigenvalue weighted by Gasteiger charge is 2.05. The van der Waals surface area contributed by atoms with E-state index in [9.17, 15) is 4.79 Å². The van der Waals surface area contributed by atoms with Gasteiger partial charge in [0, 0.05) is 24.3 Å². The molecular formula is C19H24ClN3O. The molecule has 0 aliphatic heterocycles. The number of amides is 1. The molecule has 2 rings (SSSR count). The fraction of sp³-hybridized carbons (Fsp3) is 0.368. The van der Waals surface area contributed by atoms with Crippen molar-refractivity contribution in [2.45, 2.75) is 32.6 Å². The lowest BCUT2D eigenvalue weighted by atomic mass is 10.1. The number of benzene rings is 1. The summed E-state index contributed by atoms with van der Waals surface area (Å²) in [4.78, 5) is 16.4. The van der Waals surface area contributed by atoms with Crippen LogP contribution < -0.4 is 10.6 Å². The SMILES string of the molecule is CCCCCNc1ccc(C(=O)NCCc2ccc(Cl)cc2)cn1. The molecular weight excluding hydrogens is 322 g/mol. The number of nitrogens with zero attached hydrogens (tertiary/aromatic N) is 1. The number of carbonyl (C=O) groups is 1. The maximum Gasteiger partial charge on any atom is 0.252 e. The smallest absolute Gasteiger partial charge is 0.252 e. The van der Waals surface area contributed by atoms with Crippen LogP contribution in [0.2, 0.25) is 5.02 Å². The lowest BCUT2D eigenvalue weighted by Gasteiger charge is -2.07. The van der Waals surface area contributed by atoms with Gasteiger partial charge in [0.2, 0.25) is 0 Å². The number of rotatable bonds is 9. The number of unbranched alkanes of at least 4 members (excludes halogenated alkanes) is 2. The van der Waals surface area contributed by atoms with Gasteiger partial charge in [-0.25, -0.2) is 4.98 Å². The van der Waals surface area contributed by atoms with E-state index in [1.807, 2.05) is 30.3 Å². The quantitative estimate of drug-likeness (QED) is 0.666. The van der Waals surface area contributed by atoms with Crippen molar-refractivity contribution < 1.29 is 4.79 Å². The first-order valence-electron chi connectivity index (χ1n) is 8.41. The Hall–Kier alpha value is -2.07. The van der Waals surface area contributed by atoms with Gasteiger partial charge in [-0.1, -0.05) is 43.5 Å². The summed E-state index contributed by atoms with van der Waals surface area (Å²) in [7, 11) is 0. The lowest BCUT2D eigenvalue weighted by Crippen LogP contribution is -2.25. The molecule has 24 heavy (non-hydrogen) atoms. The highest BCUT2D eigenvalue weighted by atomic mass is 35.5. The Kier molecular flexibility index (Phi) is 7.56. The molecule has 0 saturated heterocycles. The molecule has 0 spiro atoms. The second kappa shape index (κ2) is 9.93. The van der Waals surface area contributed by atoms with Crippen LogP contribution >= 0.6 is 11.6 Å². The number of anilines is 1. The normalized spacial score (nSPS) is 10.4. The predicted molar refractivity (Wildman–Crippen MR) is 99.7 cm³/mol. The van der Waals surface area contributed by atoms with Crippen molar-refractivity contribution in [3.05, 3.63) is 58.7 Å². The zero-order chi connectivity index (χ0) is 17.2. The number of nitrogens with one attached hydrogen (secondary N) is 2. The monoisotopic (exact) mass is 345 g/mol. The van der Waals surface area contributed by atoms with Gasteiger partial charge in [0.25, 0.3) is 5.91 Å². The minimum absolute atomic E-state index is 0.103. The topological polar surface area (TPSA) is 54.0 Å². The lowest BCUT2D eigenvalue weighted by molar-refractivity contribution is 0.0954. The molecule has 0 radical (unpaired) electrons. The zero-order valence-corrected chi connectivity index (χ0v) is 14.8. The van der Waals surface area contributed by atoms with Gasteiger partial charge in [-0.05, 0) is 42.7 Å². The van der Waals surface area contributed by atoms with Crippen LogP contribution in [0.5, 0.6) is 0 Å². The molecule has 4 nitrogen and oxygen atoms in total. The van der Waals surface area contributed by atoms with Crippen LogP contribution in [0.4, 0.5) is 5.82 Å². The van der Waals surface area contributed by atoms with Crippen molar-refractivity contribution in [1.82, 2.24) is 10.3 Å². The first-order chi connectivity index (χ1) is 11.7. The molecule has 1 amide bonds. The van der Waals surface area contributed by atoms with Crippen molar-refractivity contribution >= 4 is 23.3 Å². The molecule has 2 N–H and O–H groups in total. The molecule has 0 bridgehead atoms. The van der Waals surface area contributed by atoms with Gasteiger partial charge >= 0.3 is 0 Å². The van der Waals surface area contributed by atoms with Gasteiger partial charge in [0.05, 0.1) is 5.56 Å². The third-order valence-electron chi connectivity index (χ3n) is 3.72. The van der Waals surface area contributed by atoms with E-state index in [4.69, 9.17) is 11.6 Å². The summed E-state index contributed by atoms with van der Waals surface area (Å²) in [5.74, 6) is 0.706. The highest BCUT2D eigenvalue weighted by molar-refractivity contribution is 6.30. The molecule has 0 aliphatic rings. The fourth-order valence-electron chi connectivity index (χ4n) is 2.30. The van der Waals surface area contributed by atoms with Gasteiger partial charge in [-0.2, -0.15) is 0 Å². The molecule has 0 fully saturated rings. The number of aromatic nitrogens is 1. The number of hydrogen-bond donors (Lipinski definition) is 2. The van der Waals surface area contributed by atoms with E-state index in [0.29, 0.717) is 12.1 Å². The summed E-state index contributed by atoms with van der Waals surface area (Å²) in [5.41, 5.74) is 1.72. The van der Waals surface area contributed by atoms with Crippen molar-refractivity contribution in [2.24, 2.45) is 0 Å². The van der Waals surface area contributed by atoms with Crippen LogP contribution in [0, 0.1) is 0 Å². The van der Waals surface area contributed by atoms with Crippen LogP contribution in [-0.4, -0.2) is 24.0 Å². The van der Waals surface area contributed by atoms with Crippen LogP contribution in [0.25, 0.3) is 0 Å². The Labute approximate surface area is 148 Å².